The van der Waals surface area contributed by atoms with Crippen molar-refractivity contribution in [2.45, 2.75) is 19.1 Å². The summed E-state index contributed by atoms with van der Waals surface area (Å²) >= 11 is 0. The molecule has 1 aromatic heterocycles. The molecule has 0 N–H and O–H groups in total. The van der Waals surface area contributed by atoms with E-state index in [-0.39, 0.29) is 18.4 Å². The van der Waals surface area contributed by atoms with Gasteiger partial charge in [0.25, 0.3) is 0 Å². The maximum atomic E-state index is 13.5. The van der Waals surface area contributed by atoms with Gasteiger partial charge in [-0.25, -0.2) is 0 Å². The Hall–Kier alpha value is -3.77. The molecule has 6 heteroatoms. The summed E-state index contributed by atoms with van der Waals surface area (Å²) in [6.07, 6.45) is 1.81. The summed E-state index contributed by atoms with van der Waals surface area (Å²) in [4.78, 5) is 36.7. The number of fused-ring (bicyclic) bond motifs is 3. The van der Waals surface area contributed by atoms with E-state index in [9.17, 15) is 9.59 Å². The highest BCUT2D eigenvalue weighted by Crippen LogP contribution is 2.25. The van der Waals surface area contributed by atoms with Crippen LogP contribution in [0.15, 0.2) is 79.0 Å². The molecule has 6 rings (SSSR count). The molecule has 2 fully saturated rings. The Bertz CT molecular complexity index is 1400. The average molecular weight is 451 g/mol. The van der Waals surface area contributed by atoms with Crippen LogP contribution in [0.5, 0.6) is 0 Å². The molecule has 2 amide bonds. The van der Waals surface area contributed by atoms with Crippen molar-refractivity contribution in [2.24, 2.45) is 0 Å². The quantitative estimate of drug-likeness (QED) is 0.478. The largest absolute Gasteiger partial charge is 0.327 e. The second-order valence-corrected chi connectivity index (χ2v) is 9.20. The van der Waals surface area contributed by atoms with Crippen molar-refractivity contribution >= 4 is 33.5 Å². The van der Waals surface area contributed by atoms with Crippen molar-refractivity contribution in [3.63, 3.8) is 0 Å². The van der Waals surface area contributed by atoms with Crippen LogP contribution < -0.4 is 0 Å². The van der Waals surface area contributed by atoms with E-state index in [1.165, 1.54) is 5.56 Å². The molecule has 2 saturated heterocycles. The minimum atomic E-state index is -0.427. The zero-order chi connectivity index (χ0) is 23.1. The van der Waals surface area contributed by atoms with Gasteiger partial charge in [-0.15, -0.1) is 0 Å². The highest BCUT2D eigenvalue weighted by molar-refractivity contribution is 5.95. The van der Waals surface area contributed by atoms with Gasteiger partial charge in [0, 0.05) is 44.3 Å². The summed E-state index contributed by atoms with van der Waals surface area (Å²) in [5.41, 5.74) is 3.22. The van der Waals surface area contributed by atoms with E-state index in [0.717, 1.165) is 40.3 Å². The van der Waals surface area contributed by atoms with Crippen LogP contribution in [0.4, 0.5) is 0 Å². The van der Waals surface area contributed by atoms with Gasteiger partial charge in [-0.2, -0.15) is 0 Å². The van der Waals surface area contributed by atoms with Gasteiger partial charge in [-0.3, -0.25) is 19.5 Å². The van der Waals surface area contributed by atoms with Crippen molar-refractivity contribution in [1.82, 2.24) is 19.7 Å². The third-order valence-electron chi connectivity index (χ3n) is 7.03. The molecular weight excluding hydrogens is 424 g/mol. The van der Waals surface area contributed by atoms with Crippen molar-refractivity contribution < 1.29 is 9.59 Å². The monoisotopic (exact) mass is 450 g/mol. The molecule has 0 spiro atoms. The highest BCUT2D eigenvalue weighted by atomic mass is 16.2. The molecule has 0 radical (unpaired) electrons. The molecule has 0 bridgehead atoms. The molecule has 4 aromatic rings. The van der Waals surface area contributed by atoms with Crippen LogP contribution in [-0.4, -0.2) is 63.7 Å². The fraction of sp³-hybridized carbons (Fsp3) is 0.250. The lowest BCUT2D eigenvalue weighted by atomic mass is 10.0. The molecule has 3 heterocycles. The molecule has 1 unspecified atom stereocenters. The van der Waals surface area contributed by atoms with E-state index in [4.69, 9.17) is 0 Å². The lowest BCUT2D eigenvalue weighted by molar-refractivity contribution is -0.160. The van der Waals surface area contributed by atoms with E-state index in [2.05, 4.69) is 52.3 Å². The van der Waals surface area contributed by atoms with Gasteiger partial charge in [0.2, 0.25) is 11.8 Å². The number of piperazine rings is 2. The Kier molecular flexibility index (Phi) is 5.23. The maximum Gasteiger partial charge on any atom is 0.247 e. The lowest BCUT2D eigenvalue weighted by Crippen LogP contribution is -2.66. The molecule has 2 aliphatic rings. The molecule has 6 nitrogen and oxygen atoms in total. The van der Waals surface area contributed by atoms with Crippen LogP contribution in [0.25, 0.3) is 21.7 Å². The Morgan fingerprint density at radius 3 is 2.65 bits per heavy atom. The standard InChI is InChI=1S/C28H26N4O2/c33-27-19-31(17-23-7-3-6-21-5-1-2-9-24(21)23)28(34)26-18-30(13-14-32(26)27)16-20-10-11-22-8-4-12-29-25(22)15-20/h1-12,15,26H,13-14,16-19H2. The van der Waals surface area contributed by atoms with Gasteiger partial charge in [0.15, 0.2) is 0 Å². The van der Waals surface area contributed by atoms with Crippen molar-refractivity contribution in [2.75, 3.05) is 26.2 Å². The highest BCUT2D eigenvalue weighted by Gasteiger charge is 2.42. The van der Waals surface area contributed by atoms with Crippen LogP contribution in [-0.2, 0) is 22.7 Å². The molecule has 34 heavy (non-hydrogen) atoms. The lowest BCUT2D eigenvalue weighted by Gasteiger charge is -2.46. The summed E-state index contributed by atoms with van der Waals surface area (Å²) < 4.78 is 0. The molecular formula is C28H26N4O2. The smallest absolute Gasteiger partial charge is 0.247 e. The zero-order valence-corrected chi connectivity index (χ0v) is 18.9. The van der Waals surface area contributed by atoms with Crippen LogP contribution in [0.3, 0.4) is 0 Å². The van der Waals surface area contributed by atoms with Gasteiger partial charge in [0.05, 0.1) is 5.52 Å². The number of benzene rings is 3. The molecule has 0 saturated carbocycles. The number of nitrogens with zero attached hydrogens (tertiary/aromatic N) is 4. The zero-order valence-electron chi connectivity index (χ0n) is 18.9. The normalized spacial score (nSPS) is 19.1. The third-order valence-corrected chi connectivity index (χ3v) is 7.03. The van der Waals surface area contributed by atoms with E-state index < -0.39 is 6.04 Å². The first-order valence-electron chi connectivity index (χ1n) is 11.8. The van der Waals surface area contributed by atoms with Crippen LogP contribution in [0.2, 0.25) is 0 Å². The molecule has 3 aromatic carbocycles. The van der Waals surface area contributed by atoms with Crippen molar-refractivity contribution in [3.05, 3.63) is 90.1 Å². The Morgan fingerprint density at radius 1 is 0.853 bits per heavy atom. The van der Waals surface area contributed by atoms with Crippen LogP contribution >= 0.6 is 0 Å². The first-order valence-corrected chi connectivity index (χ1v) is 11.8. The van der Waals surface area contributed by atoms with Crippen LogP contribution in [0, 0.1) is 0 Å². The van der Waals surface area contributed by atoms with Crippen molar-refractivity contribution in [3.8, 4) is 0 Å². The summed E-state index contributed by atoms with van der Waals surface area (Å²) in [6, 6.07) is 24.2. The molecule has 1 atom stereocenters. The van der Waals surface area contributed by atoms with E-state index in [0.29, 0.717) is 19.6 Å². The summed E-state index contributed by atoms with van der Waals surface area (Å²) in [7, 11) is 0. The summed E-state index contributed by atoms with van der Waals surface area (Å²) in [5.74, 6) is 0.0804. The SMILES string of the molecule is O=C1C2CN(Cc3ccc4cccnc4c3)CCN2C(=O)CN1Cc1cccc2ccccc12. The van der Waals surface area contributed by atoms with E-state index in [1.54, 1.807) is 9.80 Å². The predicted molar refractivity (Wildman–Crippen MR) is 132 cm³/mol. The minimum absolute atomic E-state index is 0.0393. The summed E-state index contributed by atoms with van der Waals surface area (Å²) in [5, 5.41) is 3.39. The van der Waals surface area contributed by atoms with Gasteiger partial charge in [-0.1, -0.05) is 60.7 Å². The Labute approximate surface area is 198 Å². The molecule has 170 valence electrons. The van der Waals surface area contributed by atoms with Gasteiger partial charge in [0.1, 0.15) is 12.6 Å². The minimum Gasteiger partial charge on any atom is -0.327 e. The van der Waals surface area contributed by atoms with E-state index >= 15 is 0 Å². The average Bonchev–Trinajstić information content (AvgIpc) is 2.87. The topological polar surface area (TPSA) is 56.8 Å². The van der Waals surface area contributed by atoms with Crippen molar-refractivity contribution in [1.29, 1.82) is 0 Å². The summed E-state index contributed by atoms with van der Waals surface area (Å²) in [6.45, 7) is 3.24. The number of rotatable bonds is 4. The number of aromatic nitrogens is 1. The first-order chi connectivity index (χ1) is 16.7. The Balaban J connectivity index is 1.20. The van der Waals surface area contributed by atoms with Gasteiger partial charge >= 0.3 is 0 Å². The number of amides is 2. The fourth-order valence-electron chi connectivity index (χ4n) is 5.27. The maximum absolute atomic E-state index is 13.5. The van der Waals surface area contributed by atoms with Crippen LogP contribution in [0.1, 0.15) is 11.1 Å². The van der Waals surface area contributed by atoms with E-state index in [1.807, 2.05) is 36.5 Å². The number of hydrogen-bond acceptors (Lipinski definition) is 4. The predicted octanol–water partition coefficient (Wildman–Crippen LogP) is 3.44. The van der Waals surface area contributed by atoms with Gasteiger partial charge < -0.3 is 9.80 Å². The number of pyridine rings is 1. The first kappa shape index (κ1) is 20.8. The number of carbonyl (C=O) groups excluding carboxylic acids is 2. The second-order valence-electron chi connectivity index (χ2n) is 9.20. The number of hydrogen-bond donors (Lipinski definition) is 0. The molecule has 2 aliphatic heterocycles. The fourth-order valence-corrected chi connectivity index (χ4v) is 5.27. The third kappa shape index (κ3) is 3.80. The number of carbonyl (C=O) groups is 2. The second kappa shape index (κ2) is 8.54. The molecule has 0 aliphatic carbocycles. The van der Waals surface area contributed by atoms with Gasteiger partial charge in [-0.05, 0) is 34.0 Å². The Morgan fingerprint density at radius 2 is 1.71 bits per heavy atom.